The van der Waals surface area contributed by atoms with Crippen molar-refractivity contribution >= 4 is 23.4 Å². The zero-order valence-corrected chi connectivity index (χ0v) is 9.70. The zero-order valence-electron chi connectivity index (χ0n) is 8.88. The third-order valence-corrected chi connectivity index (χ3v) is 2.56. The van der Waals surface area contributed by atoms with Gasteiger partial charge in [0, 0.05) is 13.0 Å². The Hall–Kier alpha value is -1.96. The van der Waals surface area contributed by atoms with Crippen LogP contribution in [0.4, 0.5) is 4.79 Å². The first-order valence-corrected chi connectivity index (χ1v) is 5.52. The van der Waals surface area contributed by atoms with Crippen molar-refractivity contribution in [1.29, 1.82) is 0 Å². The molecule has 0 unspecified atom stereocenters. The fraction of sp³-hybridized carbons (Fsp3) is 0.333. The molecule has 0 spiro atoms. The maximum absolute atomic E-state index is 11.0. The molecule has 2 N–H and O–H groups in total. The second kappa shape index (κ2) is 6.59. The molecule has 0 bridgehead atoms. The average molecular weight is 257 g/mol. The van der Waals surface area contributed by atoms with Gasteiger partial charge in [0.05, 0.1) is 0 Å². The largest absolute Gasteiger partial charge is 0.476 e. The molecular weight excluding hydrogens is 246 g/mol. The number of ether oxygens (including phenoxy) is 1. The monoisotopic (exact) mass is 257 g/mol. The molecule has 0 radical (unpaired) electrons. The van der Waals surface area contributed by atoms with Crippen molar-refractivity contribution in [3.05, 3.63) is 22.7 Å². The summed E-state index contributed by atoms with van der Waals surface area (Å²) in [4.78, 5) is 21.5. The standard InChI is InChI=1S/C9H11N3O4S/c1-2-5-16-9(15)10-4-3-6-11-12-7(17-6)8(13)14/h2H,1,3-5H2,(H,10,15)(H,13,14). The van der Waals surface area contributed by atoms with E-state index in [9.17, 15) is 9.59 Å². The quantitative estimate of drug-likeness (QED) is 0.727. The van der Waals surface area contributed by atoms with Crippen molar-refractivity contribution in [1.82, 2.24) is 15.5 Å². The Morgan fingerprint density at radius 3 is 2.88 bits per heavy atom. The smallest absolute Gasteiger partial charge is 0.407 e. The van der Waals surface area contributed by atoms with Gasteiger partial charge in [-0.2, -0.15) is 0 Å². The van der Waals surface area contributed by atoms with Crippen LogP contribution in [0.25, 0.3) is 0 Å². The Bertz CT molecular complexity index is 418. The molecule has 1 aromatic heterocycles. The molecule has 1 rings (SSSR count). The number of rotatable bonds is 6. The molecule has 0 saturated carbocycles. The van der Waals surface area contributed by atoms with Gasteiger partial charge in [-0.25, -0.2) is 9.59 Å². The number of nitrogens with one attached hydrogen (secondary N) is 1. The summed E-state index contributed by atoms with van der Waals surface area (Å²) >= 11 is 0.980. The Morgan fingerprint density at radius 1 is 1.53 bits per heavy atom. The van der Waals surface area contributed by atoms with E-state index in [1.54, 1.807) is 0 Å². The van der Waals surface area contributed by atoms with Crippen LogP contribution in [0.2, 0.25) is 0 Å². The van der Waals surface area contributed by atoms with E-state index in [2.05, 4.69) is 26.8 Å². The molecule has 0 saturated heterocycles. The first kappa shape index (κ1) is 13.1. The number of aromatic nitrogens is 2. The summed E-state index contributed by atoms with van der Waals surface area (Å²) in [5, 5.41) is 18.7. The molecular formula is C9H11N3O4S. The summed E-state index contributed by atoms with van der Waals surface area (Å²) in [5.41, 5.74) is 0. The van der Waals surface area contributed by atoms with E-state index >= 15 is 0 Å². The van der Waals surface area contributed by atoms with E-state index < -0.39 is 12.1 Å². The summed E-state index contributed by atoms with van der Waals surface area (Å²) in [6.45, 7) is 3.86. The molecule has 0 aromatic carbocycles. The van der Waals surface area contributed by atoms with Crippen LogP contribution in [0.15, 0.2) is 12.7 Å². The average Bonchev–Trinajstić information content (AvgIpc) is 2.75. The van der Waals surface area contributed by atoms with Crippen LogP contribution in [0, 0.1) is 0 Å². The molecule has 8 heteroatoms. The minimum absolute atomic E-state index is 0.0609. The lowest BCUT2D eigenvalue weighted by atomic mass is 10.4. The fourth-order valence-electron chi connectivity index (χ4n) is 0.898. The summed E-state index contributed by atoms with van der Waals surface area (Å²) in [5.74, 6) is -1.10. The molecule has 1 aromatic rings. The van der Waals surface area contributed by atoms with Crippen LogP contribution < -0.4 is 5.32 Å². The summed E-state index contributed by atoms with van der Waals surface area (Å²) in [6, 6.07) is 0. The third-order valence-electron chi connectivity index (χ3n) is 1.59. The molecule has 1 heterocycles. The molecule has 92 valence electrons. The van der Waals surface area contributed by atoms with Crippen molar-refractivity contribution in [2.24, 2.45) is 0 Å². The van der Waals surface area contributed by atoms with Gasteiger partial charge in [-0.05, 0) is 0 Å². The summed E-state index contributed by atoms with van der Waals surface area (Å²) in [7, 11) is 0. The SMILES string of the molecule is C=CCOC(=O)NCCc1nnc(C(=O)O)s1. The van der Waals surface area contributed by atoms with E-state index in [0.29, 0.717) is 18.0 Å². The van der Waals surface area contributed by atoms with E-state index in [4.69, 9.17) is 5.11 Å². The first-order chi connectivity index (χ1) is 8.13. The number of carboxylic acids is 1. The van der Waals surface area contributed by atoms with Gasteiger partial charge in [0.25, 0.3) is 0 Å². The highest BCUT2D eigenvalue weighted by Crippen LogP contribution is 2.09. The Kier molecular flexibility index (Phi) is 5.08. The summed E-state index contributed by atoms with van der Waals surface area (Å²) < 4.78 is 4.68. The predicted octanol–water partition coefficient (Wildman–Crippen LogP) is 0.691. The summed E-state index contributed by atoms with van der Waals surface area (Å²) in [6.07, 6.45) is 1.32. The highest BCUT2D eigenvalue weighted by Gasteiger charge is 2.10. The first-order valence-electron chi connectivity index (χ1n) is 4.70. The van der Waals surface area contributed by atoms with Crippen molar-refractivity contribution in [3.8, 4) is 0 Å². The number of aromatic carboxylic acids is 1. The number of alkyl carbamates (subject to hydrolysis) is 1. The number of carboxylic acid groups (broad SMARTS) is 1. The lowest BCUT2D eigenvalue weighted by Crippen LogP contribution is -2.26. The molecule has 17 heavy (non-hydrogen) atoms. The lowest BCUT2D eigenvalue weighted by Gasteiger charge is -2.02. The van der Waals surface area contributed by atoms with Crippen LogP contribution >= 0.6 is 11.3 Å². The predicted molar refractivity (Wildman–Crippen MR) is 60.1 cm³/mol. The van der Waals surface area contributed by atoms with Crippen LogP contribution in [0.5, 0.6) is 0 Å². The van der Waals surface area contributed by atoms with Crippen molar-refractivity contribution in [2.45, 2.75) is 6.42 Å². The number of amides is 1. The molecule has 0 aliphatic carbocycles. The Balaban J connectivity index is 2.28. The molecule has 0 atom stereocenters. The lowest BCUT2D eigenvalue weighted by molar-refractivity contribution is 0.0695. The molecule has 0 aliphatic rings. The van der Waals surface area contributed by atoms with Crippen molar-refractivity contribution in [3.63, 3.8) is 0 Å². The number of carbonyl (C=O) groups is 2. The number of hydrogen-bond donors (Lipinski definition) is 2. The van der Waals surface area contributed by atoms with Gasteiger partial charge < -0.3 is 15.2 Å². The highest BCUT2D eigenvalue weighted by atomic mass is 32.1. The van der Waals surface area contributed by atoms with Gasteiger partial charge in [0.1, 0.15) is 11.6 Å². The van der Waals surface area contributed by atoms with E-state index in [1.165, 1.54) is 6.08 Å². The van der Waals surface area contributed by atoms with Crippen LogP contribution in [-0.4, -0.2) is 40.5 Å². The third kappa shape index (κ3) is 4.60. The molecule has 7 nitrogen and oxygen atoms in total. The fourth-order valence-corrected chi connectivity index (χ4v) is 1.58. The van der Waals surface area contributed by atoms with E-state index in [0.717, 1.165) is 11.3 Å². The minimum atomic E-state index is -1.10. The number of nitrogens with zero attached hydrogens (tertiary/aromatic N) is 2. The van der Waals surface area contributed by atoms with Gasteiger partial charge in [-0.1, -0.05) is 24.0 Å². The Morgan fingerprint density at radius 2 is 2.29 bits per heavy atom. The normalized spacial score (nSPS) is 9.65. The van der Waals surface area contributed by atoms with Crippen molar-refractivity contribution in [2.75, 3.05) is 13.2 Å². The highest BCUT2D eigenvalue weighted by molar-refractivity contribution is 7.13. The second-order valence-electron chi connectivity index (χ2n) is 2.87. The van der Waals surface area contributed by atoms with Gasteiger partial charge in [-0.15, -0.1) is 10.2 Å². The van der Waals surface area contributed by atoms with E-state index in [1.807, 2.05) is 0 Å². The van der Waals surface area contributed by atoms with Crippen LogP contribution in [0.3, 0.4) is 0 Å². The van der Waals surface area contributed by atoms with Gasteiger partial charge in [-0.3, -0.25) is 0 Å². The maximum atomic E-state index is 11.0. The second-order valence-corrected chi connectivity index (χ2v) is 3.93. The maximum Gasteiger partial charge on any atom is 0.407 e. The minimum Gasteiger partial charge on any atom is -0.476 e. The number of hydrogen-bond acceptors (Lipinski definition) is 6. The van der Waals surface area contributed by atoms with Gasteiger partial charge >= 0.3 is 12.1 Å². The zero-order chi connectivity index (χ0) is 12.7. The van der Waals surface area contributed by atoms with Crippen molar-refractivity contribution < 1.29 is 19.4 Å². The topological polar surface area (TPSA) is 101 Å². The molecule has 0 aliphatic heterocycles. The van der Waals surface area contributed by atoms with E-state index in [-0.39, 0.29) is 11.6 Å². The van der Waals surface area contributed by atoms with Crippen LogP contribution in [-0.2, 0) is 11.2 Å². The molecule has 1 amide bonds. The van der Waals surface area contributed by atoms with Crippen LogP contribution in [0.1, 0.15) is 14.8 Å². The van der Waals surface area contributed by atoms with Gasteiger partial charge in [0.15, 0.2) is 0 Å². The van der Waals surface area contributed by atoms with Gasteiger partial charge in [0.2, 0.25) is 5.01 Å². The Labute approximate surface area is 101 Å². The molecule has 0 fully saturated rings. The number of carbonyl (C=O) groups excluding carboxylic acids is 1.